The third kappa shape index (κ3) is 10.6. The van der Waals surface area contributed by atoms with Crippen LogP contribution in [0.2, 0.25) is 5.02 Å². The molecule has 0 aliphatic heterocycles. The van der Waals surface area contributed by atoms with Crippen molar-refractivity contribution in [3.8, 4) is 11.4 Å². The van der Waals surface area contributed by atoms with Crippen molar-refractivity contribution in [3.05, 3.63) is 116 Å². The molecular weight excluding hydrogens is 958 g/mol. The number of halogens is 6. The summed E-state index contributed by atoms with van der Waals surface area (Å²) in [5.41, 5.74) is 0.139. The standard InChI is InChI=1S/C45H47BrClF4N7O6S/c1-25-19-33(28-13-15-45(50,51)16-14-28)52-39-36(25)42(59)58(40(54-39)34(53-43(60)64-44(2,3)4)22-27-20-29(48)23-30(49)21-27)35-12-11-32(47)37-38(35)56(18-17-46)55-41(37)57(65(6,61)62)24-26-7-9-31(63-5)10-8-26/h7-12,19-21,23,28,34H,13-18,22,24H2,1-6H3,(H,53,60)/t34-/m0/s1. The van der Waals surface area contributed by atoms with Gasteiger partial charge in [0.2, 0.25) is 15.9 Å². The molecule has 1 saturated carbocycles. The summed E-state index contributed by atoms with van der Waals surface area (Å²) in [5, 5.41) is 8.19. The second-order valence-electron chi connectivity index (χ2n) is 17.1. The van der Waals surface area contributed by atoms with Crippen molar-refractivity contribution in [1.29, 1.82) is 0 Å². The van der Waals surface area contributed by atoms with Crippen LogP contribution < -0.4 is 19.9 Å². The van der Waals surface area contributed by atoms with E-state index in [0.29, 0.717) is 34.0 Å². The Hall–Kier alpha value is -5.27. The van der Waals surface area contributed by atoms with Gasteiger partial charge in [-0.05, 0) is 99.7 Å². The van der Waals surface area contributed by atoms with Gasteiger partial charge in [0.05, 0.1) is 59.5 Å². The number of nitrogens with zero attached hydrogens (tertiary/aromatic N) is 6. The van der Waals surface area contributed by atoms with E-state index in [1.54, 1.807) is 58.0 Å². The van der Waals surface area contributed by atoms with E-state index in [4.69, 9.17) is 36.1 Å². The summed E-state index contributed by atoms with van der Waals surface area (Å²) >= 11 is 10.5. The van der Waals surface area contributed by atoms with Gasteiger partial charge in [-0.15, -0.1) is 0 Å². The summed E-state index contributed by atoms with van der Waals surface area (Å²) in [6, 6.07) is 13.0. The normalized spacial score (nSPS) is 15.0. The van der Waals surface area contributed by atoms with E-state index in [0.717, 1.165) is 22.7 Å². The van der Waals surface area contributed by atoms with Crippen molar-refractivity contribution in [2.75, 3.05) is 23.0 Å². The first-order valence-electron chi connectivity index (χ1n) is 20.7. The van der Waals surface area contributed by atoms with Gasteiger partial charge in [-0.2, -0.15) is 5.10 Å². The van der Waals surface area contributed by atoms with Crippen LogP contribution in [0.4, 0.5) is 28.2 Å². The van der Waals surface area contributed by atoms with Crippen molar-refractivity contribution >= 4 is 71.4 Å². The van der Waals surface area contributed by atoms with E-state index in [1.807, 2.05) is 0 Å². The topological polar surface area (TPSA) is 151 Å². The SMILES string of the molecule is COc1ccc(CN(c2nn(CCBr)c3c(-n4c([C@H](Cc5cc(F)cc(F)c5)NC(=O)OC(C)(C)C)nc5nc(C6CCC(F)(F)CC6)cc(C)c5c4=O)ccc(Cl)c23)S(C)(=O)=O)cc1. The number of sulfonamides is 1. The highest BCUT2D eigenvalue weighted by Crippen LogP contribution is 2.42. The molecule has 1 N–H and O–H groups in total. The predicted molar refractivity (Wildman–Crippen MR) is 244 cm³/mol. The zero-order valence-electron chi connectivity index (χ0n) is 36.4. The van der Waals surface area contributed by atoms with E-state index in [1.165, 1.54) is 28.5 Å². The lowest BCUT2D eigenvalue weighted by Crippen LogP contribution is -2.39. The number of alkyl halides is 3. The molecule has 7 rings (SSSR count). The molecule has 1 fully saturated rings. The lowest BCUT2D eigenvalue weighted by atomic mass is 9.84. The van der Waals surface area contributed by atoms with Crippen LogP contribution in [-0.2, 0) is 34.3 Å². The number of ether oxygens (including phenoxy) is 2. The molecule has 0 radical (unpaired) electrons. The monoisotopic (exact) mass is 1000 g/mol. The van der Waals surface area contributed by atoms with Crippen molar-refractivity contribution in [2.45, 2.75) is 96.4 Å². The fraction of sp³-hybridized carbons (Fsp3) is 0.400. The highest BCUT2D eigenvalue weighted by Gasteiger charge is 2.37. The number of nitrogens with one attached hydrogen (secondary N) is 1. The lowest BCUT2D eigenvalue weighted by molar-refractivity contribution is -0.0384. The number of rotatable bonds is 13. The Labute approximate surface area is 386 Å². The quantitative estimate of drug-likeness (QED) is 0.0881. The van der Waals surface area contributed by atoms with E-state index in [2.05, 4.69) is 21.2 Å². The van der Waals surface area contributed by atoms with E-state index < -0.39 is 50.9 Å². The van der Waals surface area contributed by atoms with Gasteiger partial charge in [0.15, 0.2) is 11.5 Å². The number of amides is 1. The van der Waals surface area contributed by atoms with Gasteiger partial charge in [-0.1, -0.05) is 39.7 Å². The maximum atomic E-state index is 15.4. The molecule has 1 atom stereocenters. The molecule has 65 heavy (non-hydrogen) atoms. The van der Waals surface area contributed by atoms with Gasteiger partial charge in [-0.3, -0.25) is 14.0 Å². The molecule has 3 aromatic heterocycles. The summed E-state index contributed by atoms with van der Waals surface area (Å²) in [6.07, 6.45) is -0.620. The Bertz CT molecular complexity index is 2930. The third-order valence-electron chi connectivity index (χ3n) is 11.0. The Morgan fingerprint density at radius 2 is 1.68 bits per heavy atom. The van der Waals surface area contributed by atoms with Gasteiger partial charge in [0.25, 0.3) is 5.56 Å². The number of anilines is 1. The van der Waals surface area contributed by atoms with Gasteiger partial charge in [0, 0.05) is 42.3 Å². The fourth-order valence-corrected chi connectivity index (χ4v) is 9.52. The van der Waals surface area contributed by atoms with Crippen molar-refractivity contribution in [1.82, 2.24) is 29.6 Å². The molecule has 13 nitrogen and oxygen atoms in total. The molecule has 1 amide bonds. The molecule has 3 aromatic carbocycles. The molecule has 0 saturated heterocycles. The number of carbonyl (C=O) groups excluding carboxylic acids is 1. The smallest absolute Gasteiger partial charge is 0.408 e. The first-order chi connectivity index (χ1) is 30.6. The molecule has 6 aromatic rings. The van der Waals surface area contributed by atoms with Crippen molar-refractivity contribution in [2.24, 2.45) is 0 Å². The minimum absolute atomic E-state index is 0.0475. The second-order valence-corrected chi connectivity index (χ2v) is 20.2. The van der Waals surface area contributed by atoms with Crippen LogP contribution in [-0.4, -0.2) is 69.0 Å². The molecule has 3 heterocycles. The van der Waals surface area contributed by atoms with Gasteiger partial charge in [-0.25, -0.2) is 45.0 Å². The summed E-state index contributed by atoms with van der Waals surface area (Å²) in [7, 11) is -2.56. The fourth-order valence-electron chi connectivity index (χ4n) is 8.12. The number of aryl methyl sites for hydroxylation is 2. The van der Waals surface area contributed by atoms with Crippen molar-refractivity contribution in [3.63, 3.8) is 0 Å². The molecule has 0 unspecified atom stereocenters. The molecule has 1 aliphatic rings. The Morgan fingerprint density at radius 3 is 2.28 bits per heavy atom. The molecule has 0 spiro atoms. The highest BCUT2D eigenvalue weighted by molar-refractivity contribution is 9.09. The maximum Gasteiger partial charge on any atom is 0.408 e. The van der Waals surface area contributed by atoms with Gasteiger partial charge < -0.3 is 14.8 Å². The zero-order chi connectivity index (χ0) is 47.2. The number of hydrogen-bond donors (Lipinski definition) is 1. The number of methoxy groups -OCH3 is 1. The van der Waals surface area contributed by atoms with Crippen LogP contribution in [0.3, 0.4) is 0 Å². The van der Waals surface area contributed by atoms with E-state index in [-0.39, 0.29) is 101 Å². The Kier molecular flexibility index (Phi) is 13.6. The van der Waals surface area contributed by atoms with Crippen LogP contribution in [0.1, 0.15) is 86.6 Å². The molecule has 0 bridgehead atoms. The van der Waals surface area contributed by atoms with Gasteiger partial charge in [0.1, 0.15) is 28.8 Å². The average molecular weight is 1010 g/mol. The lowest BCUT2D eigenvalue weighted by Gasteiger charge is -2.28. The summed E-state index contributed by atoms with van der Waals surface area (Å²) < 4.78 is 100. The summed E-state index contributed by atoms with van der Waals surface area (Å²) in [5.74, 6) is -4.60. The number of alkyl carbamates (subject to hydrolysis) is 1. The van der Waals surface area contributed by atoms with Crippen LogP contribution in [0, 0.1) is 18.6 Å². The number of aromatic nitrogens is 5. The summed E-state index contributed by atoms with van der Waals surface area (Å²) in [6.45, 7) is 6.59. The number of hydrogen-bond acceptors (Lipinski definition) is 9. The zero-order valence-corrected chi connectivity index (χ0v) is 39.6. The van der Waals surface area contributed by atoms with Crippen LogP contribution >= 0.6 is 27.5 Å². The molecule has 1 aliphatic carbocycles. The first-order valence-corrected chi connectivity index (χ1v) is 24.0. The Morgan fingerprint density at radius 1 is 1.02 bits per heavy atom. The molecule has 346 valence electrons. The maximum absolute atomic E-state index is 15.4. The number of benzene rings is 3. The third-order valence-corrected chi connectivity index (χ3v) is 12.8. The van der Waals surface area contributed by atoms with Crippen LogP contribution in [0.25, 0.3) is 27.6 Å². The van der Waals surface area contributed by atoms with E-state index >= 15 is 4.79 Å². The minimum Gasteiger partial charge on any atom is -0.497 e. The first kappa shape index (κ1) is 47.7. The molecular formula is C45H47BrClF4N7O6S. The number of fused-ring (bicyclic) bond motifs is 2. The van der Waals surface area contributed by atoms with Crippen molar-refractivity contribution < 1.29 is 40.2 Å². The van der Waals surface area contributed by atoms with E-state index in [9.17, 15) is 30.8 Å². The largest absolute Gasteiger partial charge is 0.497 e. The number of pyridine rings is 1. The molecule has 20 heteroatoms. The highest BCUT2D eigenvalue weighted by atomic mass is 79.9. The number of carbonyl (C=O) groups is 1. The van der Waals surface area contributed by atoms with Crippen LogP contribution in [0.5, 0.6) is 5.75 Å². The average Bonchev–Trinajstić information content (AvgIpc) is 3.58. The van der Waals surface area contributed by atoms with Crippen LogP contribution in [0.15, 0.2) is 65.5 Å². The Balaban J connectivity index is 1.53. The predicted octanol–water partition coefficient (Wildman–Crippen LogP) is 9.84. The van der Waals surface area contributed by atoms with Gasteiger partial charge >= 0.3 is 6.09 Å². The minimum atomic E-state index is -4.07. The summed E-state index contributed by atoms with van der Waals surface area (Å²) in [4.78, 5) is 38.9. The second kappa shape index (κ2) is 18.5.